The van der Waals surface area contributed by atoms with Gasteiger partial charge in [-0.05, 0) is 19.1 Å². The summed E-state index contributed by atoms with van der Waals surface area (Å²) in [7, 11) is 1.64. The van der Waals surface area contributed by atoms with Gasteiger partial charge in [0.15, 0.2) is 0 Å². The van der Waals surface area contributed by atoms with Gasteiger partial charge < -0.3 is 10.5 Å². The molecule has 1 aromatic carbocycles. The molecule has 0 radical (unpaired) electrons. The average Bonchev–Trinajstić information content (AvgIpc) is 2.25. The Morgan fingerprint density at radius 2 is 2.27 bits per heavy atom. The number of hydrogen-bond acceptors (Lipinski definition) is 2. The second kappa shape index (κ2) is 5.79. The van der Waals surface area contributed by atoms with Gasteiger partial charge in [0.2, 0.25) is 0 Å². The minimum absolute atomic E-state index is 0.0968. The average molecular weight is 268 g/mol. The van der Waals surface area contributed by atoms with E-state index in [1.807, 2.05) is 25.1 Å². The molecule has 0 aromatic heterocycles. The number of nitrogens with two attached hydrogens (primary N) is 1. The van der Waals surface area contributed by atoms with Crippen molar-refractivity contribution in [1.29, 1.82) is 0 Å². The lowest BCUT2D eigenvalue weighted by Crippen LogP contribution is -2.10. The largest absolute Gasteiger partial charge is 0.496 e. The molecule has 15 heavy (non-hydrogen) atoms. The van der Waals surface area contributed by atoms with E-state index in [0.29, 0.717) is 6.42 Å². The van der Waals surface area contributed by atoms with Crippen LogP contribution in [0.4, 0.5) is 0 Å². The molecule has 80 valence electrons. The summed E-state index contributed by atoms with van der Waals surface area (Å²) in [6.45, 7) is 1.81. The fraction of sp³-hybridized carbons (Fsp3) is 0.333. The molecule has 1 unspecified atom stereocenters. The molecule has 0 spiro atoms. The third kappa shape index (κ3) is 3.26. The van der Waals surface area contributed by atoms with Gasteiger partial charge in [0, 0.05) is 22.5 Å². The molecule has 0 aliphatic heterocycles. The summed E-state index contributed by atoms with van der Waals surface area (Å²) in [4.78, 5) is 0. The topological polar surface area (TPSA) is 35.2 Å². The molecule has 0 fully saturated rings. The maximum absolute atomic E-state index is 6.01. The third-order valence-electron chi connectivity index (χ3n) is 2.09. The van der Waals surface area contributed by atoms with Gasteiger partial charge in [-0.2, -0.15) is 0 Å². The lowest BCUT2D eigenvalue weighted by molar-refractivity contribution is 0.405. The monoisotopic (exact) mass is 267 g/mol. The first kappa shape index (κ1) is 12.1. The summed E-state index contributed by atoms with van der Waals surface area (Å²) in [6.07, 6.45) is 0.647. The van der Waals surface area contributed by atoms with E-state index in [1.165, 1.54) is 0 Å². The lowest BCUT2D eigenvalue weighted by Gasteiger charge is -2.13. The van der Waals surface area contributed by atoms with Crippen molar-refractivity contribution >= 4 is 15.9 Å². The zero-order chi connectivity index (χ0) is 11.3. The van der Waals surface area contributed by atoms with Crippen molar-refractivity contribution in [2.24, 2.45) is 5.73 Å². The SMILES string of the molecule is CC#CCC(N)c1ccc(Br)cc1OC. The van der Waals surface area contributed by atoms with Gasteiger partial charge in [-0.3, -0.25) is 0 Å². The van der Waals surface area contributed by atoms with E-state index < -0.39 is 0 Å². The molecule has 2 N–H and O–H groups in total. The normalized spacial score (nSPS) is 11.5. The Morgan fingerprint density at radius 3 is 2.87 bits per heavy atom. The lowest BCUT2D eigenvalue weighted by atomic mass is 10.0. The Labute approximate surface area is 98.9 Å². The van der Waals surface area contributed by atoms with Gasteiger partial charge in [0.05, 0.1) is 7.11 Å². The van der Waals surface area contributed by atoms with E-state index in [1.54, 1.807) is 7.11 Å². The molecule has 0 bridgehead atoms. The van der Waals surface area contributed by atoms with Gasteiger partial charge in [-0.1, -0.05) is 22.0 Å². The summed E-state index contributed by atoms with van der Waals surface area (Å²) in [6, 6.07) is 5.73. The molecule has 0 amide bonds. The molecule has 0 heterocycles. The van der Waals surface area contributed by atoms with E-state index in [4.69, 9.17) is 10.5 Å². The molecule has 1 aromatic rings. The Balaban J connectivity index is 2.95. The van der Waals surface area contributed by atoms with Crippen molar-refractivity contribution in [3.05, 3.63) is 28.2 Å². The van der Waals surface area contributed by atoms with Gasteiger partial charge in [-0.15, -0.1) is 11.8 Å². The van der Waals surface area contributed by atoms with Crippen LogP contribution in [0.2, 0.25) is 0 Å². The molecule has 1 atom stereocenters. The molecular weight excluding hydrogens is 254 g/mol. The Bertz CT molecular complexity index is 392. The summed E-state index contributed by atoms with van der Waals surface area (Å²) in [5.74, 6) is 6.61. The zero-order valence-corrected chi connectivity index (χ0v) is 10.5. The van der Waals surface area contributed by atoms with Gasteiger partial charge >= 0.3 is 0 Å². The van der Waals surface area contributed by atoms with Crippen molar-refractivity contribution < 1.29 is 4.74 Å². The number of halogens is 1. The molecule has 0 saturated heterocycles. The van der Waals surface area contributed by atoms with Crippen LogP contribution < -0.4 is 10.5 Å². The van der Waals surface area contributed by atoms with Crippen LogP contribution in [-0.4, -0.2) is 7.11 Å². The number of ether oxygens (including phenoxy) is 1. The number of benzene rings is 1. The summed E-state index contributed by atoms with van der Waals surface area (Å²) in [5.41, 5.74) is 7.00. The van der Waals surface area contributed by atoms with Crippen LogP contribution >= 0.6 is 15.9 Å². The zero-order valence-electron chi connectivity index (χ0n) is 8.88. The van der Waals surface area contributed by atoms with Crippen LogP contribution in [0.5, 0.6) is 5.75 Å². The predicted molar refractivity (Wildman–Crippen MR) is 65.7 cm³/mol. The van der Waals surface area contributed by atoms with E-state index in [9.17, 15) is 0 Å². The van der Waals surface area contributed by atoms with Crippen LogP contribution in [0.3, 0.4) is 0 Å². The number of hydrogen-bond donors (Lipinski definition) is 1. The van der Waals surface area contributed by atoms with E-state index in [2.05, 4.69) is 27.8 Å². The Morgan fingerprint density at radius 1 is 1.53 bits per heavy atom. The molecule has 0 aliphatic carbocycles. The Hall–Kier alpha value is -0.980. The maximum Gasteiger partial charge on any atom is 0.124 e. The number of methoxy groups -OCH3 is 1. The smallest absolute Gasteiger partial charge is 0.124 e. The first-order valence-corrected chi connectivity index (χ1v) is 5.47. The second-order valence-corrected chi connectivity index (χ2v) is 4.04. The van der Waals surface area contributed by atoms with Crippen molar-refractivity contribution in [3.8, 4) is 17.6 Å². The van der Waals surface area contributed by atoms with E-state index in [-0.39, 0.29) is 6.04 Å². The van der Waals surface area contributed by atoms with Gasteiger partial charge in [-0.25, -0.2) is 0 Å². The second-order valence-electron chi connectivity index (χ2n) is 3.12. The van der Waals surface area contributed by atoms with Crippen molar-refractivity contribution in [1.82, 2.24) is 0 Å². The minimum Gasteiger partial charge on any atom is -0.496 e. The molecule has 3 heteroatoms. The first-order chi connectivity index (χ1) is 7.19. The van der Waals surface area contributed by atoms with Gasteiger partial charge in [0.1, 0.15) is 5.75 Å². The fourth-order valence-electron chi connectivity index (χ4n) is 1.31. The van der Waals surface area contributed by atoms with Crippen LogP contribution in [-0.2, 0) is 0 Å². The highest BCUT2D eigenvalue weighted by Gasteiger charge is 2.10. The highest BCUT2D eigenvalue weighted by molar-refractivity contribution is 9.10. The van der Waals surface area contributed by atoms with Crippen LogP contribution in [0.1, 0.15) is 24.9 Å². The van der Waals surface area contributed by atoms with Gasteiger partial charge in [0.25, 0.3) is 0 Å². The Kier molecular flexibility index (Phi) is 4.67. The molecule has 2 nitrogen and oxygen atoms in total. The molecular formula is C12H14BrNO. The first-order valence-electron chi connectivity index (χ1n) is 4.67. The van der Waals surface area contributed by atoms with Crippen molar-refractivity contribution in [2.45, 2.75) is 19.4 Å². The highest BCUT2D eigenvalue weighted by Crippen LogP contribution is 2.28. The third-order valence-corrected chi connectivity index (χ3v) is 2.59. The number of rotatable bonds is 3. The highest BCUT2D eigenvalue weighted by atomic mass is 79.9. The summed E-state index contributed by atoms with van der Waals surface area (Å²) in [5, 5.41) is 0. The van der Waals surface area contributed by atoms with Crippen LogP contribution in [0.25, 0.3) is 0 Å². The van der Waals surface area contributed by atoms with E-state index >= 15 is 0 Å². The molecule has 0 saturated carbocycles. The fourth-order valence-corrected chi connectivity index (χ4v) is 1.65. The minimum atomic E-state index is -0.0968. The van der Waals surface area contributed by atoms with Crippen molar-refractivity contribution in [3.63, 3.8) is 0 Å². The predicted octanol–water partition coefficient (Wildman–Crippen LogP) is 2.87. The van der Waals surface area contributed by atoms with Crippen LogP contribution in [0, 0.1) is 11.8 Å². The molecule has 1 rings (SSSR count). The van der Waals surface area contributed by atoms with E-state index in [0.717, 1.165) is 15.8 Å². The van der Waals surface area contributed by atoms with Crippen molar-refractivity contribution in [2.75, 3.05) is 7.11 Å². The van der Waals surface area contributed by atoms with Crippen LogP contribution in [0.15, 0.2) is 22.7 Å². The summed E-state index contributed by atoms with van der Waals surface area (Å²) < 4.78 is 6.25. The standard InChI is InChI=1S/C12H14BrNO/c1-3-4-5-11(14)10-7-6-9(13)8-12(10)15-2/h6-8,11H,5,14H2,1-2H3. The summed E-state index contributed by atoms with van der Waals surface area (Å²) >= 11 is 3.39. The molecule has 0 aliphatic rings. The maximum atomic E-state index is 6.01. The quantitative estimate of drug-likeness (QED) is 0.855.